The molecule has 9 heteroatoms. The van der Waals surface area contributed by atoms with Crippen LogP contribution in [0.1, 0.15) is 39.1 Å². The van der Waals surface area contributed by atoms with Crippen LogP contribution in [-0.4, -0.2) is 47.0 Å². The Balaban J connectivity index is 1.28. The number of hydrogen-bond donors (Lipinski definition) is 3. The van der Waals surface area contributed by atoms with E-state index < -0.39 is 29.8 Å². The number of hydrogen-bond acceptors (Lipinski definition) is 5. The number of carbonyl (C=O) groups excluding carboxylic acids is 5. The number of ketones is 1. The molecule has 1 fully saturated rings. The zero-order valence-corrected chi connectivity index (χ0v) is 18.7. The SMILES string of the molecule is O=C1CCC(N2C(=O)c3ccc(CNC(=O)Nc4cccc5ccccc45)cc3C2=O)C(=O)NC1. The molecular formula is C26H22N4O5. The summed E-state index contributed by atoms with van der Waals surface area (Å²) in [6, 6.07) is 16.6. The largest absolute Gasteiger partial charge is 0.347 e. The summed E-state index contributed by atoms with van der Waals surface area (Å²) >= 11 is 0. The predicted octanol–water partition coefficient (Wildman–Crippen LogP) is 2.61. The maximum Gasteiger partial charge on any atom is 0.319 e. The maximum absolute atomic E-state index is 13.0. The molecule has 0 bridgehead atoms. The molecule has 0 aromatic heterocycles. The van der Waals surface area contributed by atoms with Crippen LogP contribution >= 0.6 is 0 Å². The minimum atomic E-state index is -1.03. The number of nitrogens with zero attached hydrogens (tertiary/aromatic N) is 1. The Morgan fingerprint density at radius 2 is 1.71 bits per heavy atom. The second-order valence-corrected chi connectivity index (χ2v) is 8.51. The molecule has 3 aromatic carbocycles. The zero-order chi connectivity index (χ0) is 24.5. The lowest BCUT2D eigenvalue weighted by molar-refractivity contribution is -0.125. The van der Waals surface area contributed by atoms with Crippen molar-refractivity contribution in [2.24, 2.45) is 0 Å². The molecule has 3 aromatic rings. The number of anilines is 1. The number of benzene rings is 3. The summed E-state index contributed by atoms with van der Waals surface area (Å²) in [5.41, 5.74) is 1.67. The summed E-state index contributed by atoms with van der Waals surface area (Å²) in [7, 11) is 0. The maximum atomic E-state index is 13.0. The van der Waals surface area contributed by atoms with Gasteiger partial charge in [-0.15, -0.1) is 0 Å². The highest BCUT2D eigenvalue weighted by molar-refractivity contribution is 6.23. The highest BCUT2D eigenvalue weighted by atomic mass is 16.2. The Hall–Kier alpha value is -4.53. The van der Waals surface area contributed by atoms with Gasteiger partial charge in [0.2, 0.25) is 5.91 Å². The van der Waals surface area contributed by atoms with E-state index >= 15 is 0 Å². The van der Waals surface area contributed by atoms with Gasteiger partial charge in [-0.25, -0.2) is 4.79 Å². The van der Waals surface area contributed by atoms with Gasteiger partial charge in [0.1, 0.15) is 6.04 Å². The van der Waals surface area contributed by atoms with E-state index in [9.17, 15) is 24.0 Å². The minimum Gasteiger partial charge on any atom is -0.347 e. The number of urea groups is 1. The van der Waals surface area contributed by atoms with Crippen molar-refractivity contribution in [1.29, 1.82) is 0 Å². The molecule has 2 heterocycles. The Morgan fingerprint density at radius 3 is 2.57 bits per heavy atom. The topological polar surface area (TPSA) is 125 Å². The van der Waals surface area contributed by atoms with Gasteiger partial charge in [0, 0.05) is 18.4 Å². The van der Waals surface area contributed by atoms with Crippen LogP contribution in [0.5, 0.6) is 0 Å². The predicted molar refractivity (Wildman–Crippen MR) is 128 cm³/mol. The van der Waals surface area contributed by atoms with Crippen molar-refractivity contribution in [1.82, 2.24) is 15.5 Å². The highest BCUT2D eigenvalue weighted by Gasteiger charge is 2.43. The molecule has 0 spiro atoms. The van der Waals surface area contributed by atoms with E-state index in [2.05, 4.69) is 16.0 Å². The Kier molecular flexibility index (Phi) is 5.74. The fraction of sp³-hybridized carbons (Fsp3) is 0.192. The van der Waals surface area contributed by atoms with Crippen LogP contribution in [0.2, 0.25) is 0 Å². The normalized spacial score (nSPS) is 17.7. The van der Waals surface area contributed by atoms with E-state index in [0.29, 0.717) is 11.3 Å². The fourth-order valence-electron chi connectivity index (χ4n) is 4.45. The quantitative estimate of drug-likeness (QED) is 0.506. The van der Waals surface area contributed by atoms with E-state index in [4.69, 9.17) is 0 Å². The van der Waals surface area contributed by atoms with Gasteiger partial charge in [-0.05, 0) is 35.6 Å². The summed E-state index contributed by atoms with van der Waals surface area (Å²) in [5.74, 6) is -1.81. The summed E-state index contributed by atoms with van der Waals surface area (Å²) in [6.07, 6.45) is 0.205. The third-order valence-electron chi connectivity index (χ3n) is 6.24. The van der Waals surface area contributed by atoms with Crippen molar-refractivity contribution in [3.05, 3.63) is 77.4 Å². The van der Waals surface area contributed by atoms with Gasteiger partial charge < -0.3 is 16.0 Å². The lowest BCUT2D eigenvalue weighted by atomic mass is 10.1. The zero-order valence-electron chi connectivity index (χ0n) is 18.7. The standard InChI is InChI=1S/C26H22N4O5/c31-17-9-11-22(23(32)27-14-17)30-24(33)19-10-8-15(12-20(19)25(30)34)13-28-26(35)29-21-7-3-5-16-4-1-2-6-18(16)21/h1-8,10,12,22H,9,11,13-14H2,(H,27,32)(H2,28,29,35). The molecule has 35 heavy (non-hydrogen) atoms. The number of nitrogens with one attached hydrogen (secondary N) is 3. The number of rotatable bonds is 4. The number of carbonyl (C=O) groups is 5. The molecule has 5 amide bonds. The summed E-state index contributed by atoms with van der Waals surface area (Å²) < 4.78 is 0. The third-order valence-corrected chi connectivity index (χ3v) is 6.24. The van der Waals surface area contributed by atoms with E-state index in [-0.39, 0.29) is 42.8 Å². The average molecular weight is 470 g/mol. The van der Waals surface area contributed by atoms with E-state index in [1.54, 1.807) is 12.1 Å². The fourth-order valence-corrected chi connectivity index (χ4v) is 4.45. The molecule has 1 atom stereocenters. The first kappa shape index (κ1) is 22.3. The molecule has 2 aliphatic rings. The first-order valence-electron chi connectivity index (χ1n) is 11.3. The van der Waals surface area contributed by atoms with Gasteiger partial charge in [-0.2, -0.15) is 0 Å². The van der Waals surface area contributed by atoms with Gasteiger partial charge in [0.15, 0.2) is 5.78 Å². The molecule has 3 N–H and O–H groups in total. The van der Waals surface area contributed by atoms with Gasteiger partial charge in [-0.3, -0.25) is 24.1 Å². The van der Waals surface area contributed by atoms with Crippen LogP contribution in [0.25, 0.3) is 10.8 Å². The Morgan fingerprint density at radius 1 is 0.943 bits per heavy atom. The van der Waals surface area contributed by atoms with Crippen molar-refractivity contribution in [2.45, 2.75) is 25.4 Å². The molecule has 176 valence electrons. The van der Waals surface area contributed by atoms with Crippen LogP contribution < -0.4 is 16.0 Å². The summed E-state index contributed by atoms with van der Waals surface area (Å²) in [4.78, 5) is 63.5. The molecule has 0 radical (unpaired) electrons. The van der Waals surface area contributed by atoms with E-state index in [1.807, 2.05) is 42.5 Å². The summed E-state index contributed by atoms with van der Waals surface area (Å²) in [5, 5.41) is 9.99. The number of fused-ring (bicyclic) bond motifs is 2. The van der Waals surface area contributed by atoms with Crippen molar-refractivity contribution in [2.75, 3.05) is 11.9 Å². The molecule has 1 unspecified atom stereocenters. The smallest absolute Gasteiger partial charge is 0.319 e. The van der Waals surface area contributed by atoms with Gasteiger partial charge in [0.05, 0.1) is 23.4 Å². The molecule has 0 aliphatic carbocycles. The van der Waals surface area contributed by atoms with Crippen LogP contribution in [0.4, 0.5) is 10.5 Å². The Labute approximate surface area is 200 Å². The first-order valence-corrected chi connectivity index (χ1v) is 11.3. The van der Waals surface area contributed by atoms with Gasteiger partial charge in [-0.1, -0.05) is 42.5 Å². The lowest BCUT2D eigenvalue weighted by Crippen LogP contribution is -2.48. The third kappa shape index (κ3) is 4.23. The van der Waals surface area contributed by atoms with Crippen molar-refractivity contribution < 1.29 is 24.0 Å². The van der Waals surface area contributed by atoms with Crippen molar-refractivity contribution >= 4 is 46.0 Å². The number of amides is 5. The van der Waals surface area contributed by atoms with Gasteiger partial charge in [0.25, 0.3) is 11.8 Å². The van der Waals surface area contributed by atoms with Crippen molar-refractivity contribution in [3.63, 3.8) is 0 Å². The number of imide groups is 1. The second-order valence-electron chi connectivity index (χ2n) is 8.51. The van der Waals surface area contributed by atoms with Crippen molar-refractivity contribution in [3.8, 4) is 0 Å². The monoisotopic (exact) mass is 470 g/mol. The molecular weight excluding hydrogens is 448 g/mol. The van der Waals surface area contributed by atoms with E-state index in [1.165, 1.54) is 6.07 Å². The molecule has 0 saturated carbocycles. The minimum absolute atomic E-state index is 0.0961. The van der Waals surface area contributed by atoms with Gasteiger partial charge >= 0.3 is 6.03 Å². The molecule has 2 aliphatic heterocycles. The first-order chi connectivity index (χ1) is 16.9. The van der Waals surface area contributed by atoms with Crippen LogP contribution in [0.3, 0.4) is 0 Å². The molecule has 1 saturated heterocycles. The van der Waals surface area contributed by atoms with Crippen LogP contribution in [0, 0.1) is 0 Å². The summed E-state index contributed by atoms with van der Waals surface area (Å²) in [6.45, 7) is 0.0267. The average Bonchev–Trinajstić information content (AvgIpc) is 2.99. The molecule has 5 rings (SSSR count). The number of Topliss-reactive ketones (excluding diaryl/α,β-unsaturated/α-hetero) is 1. The highest BCUT2D eigenvalue weighted by Crippen LogP contribution is 2.28. The second kappa shape index (κ2) is 9.02. The van der Waals surface area contributed by atoms with Crippen LogP contribution in [0.15, 0.2) is 60.7 Å². The van der Waals surface area contributed by atoms with E-state index in [0.717, 1.165) is 15.7 Å². The lowest BCUT2D eigenvalue weighted by Gasteiger charge is -2.23. The molecule has 9 nitrogen and oxygen atoms in total. The Bertz CT molecular complexity index is 1390. The van der Waals surface area contributed by atoms with Crippen LogP contribution in [-0.2, 0) is 16.1 Å².